The van der Waals surface area contributed by atoms with Crippen molar-refractivity contribution in [3.63, 3.8) is 0 Å². The van der Waals surface area contributed by atoms with Crippen LogP contribution >= 0.6 is 0 Å². The number of rotatable bonds is 3. The van der Waals surface area contributed by atoms with Gasteiger partial charge in [0, 0.05) is 41.8 Å². The van der Waals surface area contributed by atoms with E-state index in [1.807, 2.05) is 18.3 Å². The zero-order valence-electron chi connectivity index (χ0n) is 10.0. The van der Waals surface area contributed by atoms with Crippen molar-refractivity contribution in [1.29, 1.82) is 5.41 Å². The van der Waals surface area contributed by atoms with Gasteiger partial charge in [0.15, 0.2) is 0 Å². The first-order valence-corrected chi connectivity index (χ1v) is 5.56. The fraction of sp³-hybridized carbons (Fsp3) is 0.231. The monoisotopic (exact) mass is 228 g/mol. The average Bonchev–Trinajstić information content (AvgIpc) is 2.69. The first-order valence-electron chi connectivity index (χ1n) is 5.56. The number of hydrogen-bond donors (Lipinski definition) is 2. The van der Waals surface area contributed by atoms with Gasteiger partial charge >= 0.3 is 0 Å². The zero-order chi connectivity index (χ0) is 12.4. The molecule has 0 aliphatic heterocycles. The van der Waals surface area contributed by atoms with Crippen molar-refractivity contribution < 1.29 is 0 Å². The van der Waals surface area contributed by atoms with E-state index >= 15 is 0 Å². The van der Waals surface area contributed by atoms with Gasteiger partial charge in [0.1, 0.15) is 0 Å². The highest BCUT2D eigenvalue weighted by molar-refractivity contribution is 6.09. The molecule has 0 spiro atoms. The second kappa shape index (κ2) is 4.41. The average molecular weight is 228 g/mol. The third-order valence-electron chi connectivity index (χ3n) is 2.79. The topological polar surface area (TPSA) is 67.7 Å². The lowest BCUT2D eigenvalue weighted by atomic mass is 10.2. The Bertz CT molecular complexity index is 578. The Morgan fingerprint density at radius 2 is 2.29 bits per heavy atom. The van der Waals surface area contributed by atoms with Crippen molar-refractivity contribution in [2.45, 2.75) is 19.9 Å². The maximum atomic E-state index is 7.41. The lowest BCUT2D eigenvalue weighted by Gasteiger charge is -2.14. The summed E-state index contributed by atoms with van der Waals surface area (Å²) < 4.78 is 2.17. The molecular weight excluding hydrogens is 212 g/mol. The summed E-state index contributed by atoms with van der Waals surface area (Å²) in [6.45, 7) is 4.23. The molecule has 0 atom stereocenters. The fourth-order valence-corrected chi connectivity index (χ4v) is 2.06. The van der Waals surface area contributed by atoms with E-state index in [0.717, 1.165) is 22.2 Å². The van der Waals surface area contributed by atoms with Crippen molar-refractivity contribution in [2.24, 2.45) is 5.73 Å². The highest BCUT2D eigenvalue weighted by Gasteiger charge is 2.13. The third-order valence-corrected chi connectivity index (χ3v) is 2.79. The van der Waals surface area contributed by atoms with Crippen LogP contribution in [0, 0.1) is 5.41 Å². The van der Waals surface area contributed by atoms with Crippen LogP contribution in [-0.4, -0.2) is 15.8 Å². The summed E-state index contributed by atoms with van der Waals surface area (Å²) in [6.07, 6.45) is 6.35. The van der Waals surface area contributed by atoms with Crippen molar-refractivity contribution in [3.8, 4) is 0 Å². The van der Waals surface area contributed by atoms with Crippen molar-refractivity contribution in [2.75, 3.05) is 0 Å². The van der Waals surface area contributed by atoms with Gasteiger partial charge in [0.25, 0.3) is 0 Å². The van der Waals surface area contributed by atoms with E-state index in [1.165, 1.54) is 12.4 Å². The third kappa shape index (κ3) is 1.82. The molecule has 2 heterocycles. The molecule has 2 aromatic rings. The van der Waals surface area contributed by atoms with Gasteiger partial charge in [0.05, 0.1) is 11.2 Å². The molecule has 3 N–H and O–H groups in total. The summed E-state index contributed by atoms with van der Waals surface area (Å²) in [5.41, 5.74) is 8.36. The predicted molar refractivity (Wildman–Crippen MR) is 71.1 cm³/mol. The maximum absolute atomic E-state index is 7.41. The molecule has 0 saturated heterocycles. The summed E-state index contributed by atoms with van der Waals surface area (Å²) in [7, 11) is 0. The standard InChI is InChI=1S/C13H16N4/c1-9(2)17-12-3-4-16-8-10(12)5-13(17)11(6-14)7-15/h3-9,14H,15H2,1-2H3/b11-7+,14-6?. The lowest BCUT2D eigenvalue weighted by Crippen LogP contribution is -2.06. The summed E-state index contributed by atoms with van der Waals surface area (Å²) in [5, 5.41) is 8.47. The number of allylic oxidation sites excluding steroid dienone is 1. The molecule has 0 aromatic carbocycles. The summed E-state index contributed by atoms with van der Waals surface area (Å²) in [6, 6.07) is 4.31. The minimum absolute atomic E-state index is 0.305. The second-order valence-corrected chi connectivity index (χ2v) is 4.19. The van der Waals surface area contributed by atoms with E-state index in [9.17, 15) is 0 Å². The predicted octanol–water partition coefficient (Wildman–Crippen LogP) is 2.57. The van der Waals surface area contributed by atoms with Gasteiger partial charge < -0.3 is 15.7 Å². The second-order valence-electron chi connectivity index (χ2n) is 4.19. The highest BCUT2D eigenvalue weighted by Crippen LogP contribution is 2.26. The van der Waals surface area contributed by atoms with Crippen LogP contribution in [-0.2, 0) is 0 Å². The summed E-state index contributed by atoms with van der Waals surface area (Å²) in [4.78, 5) is 4.12. The number of hydrogen-bond acceptors (Lipinski definition) is 3. The first-order chi connectivity index (χ1) is 8.19. The SMILES string of the molecule is CC(C)n1c(/C(C=N)=C/N)cc2cnccc21. The Kier molecular flexibility index (Phi) is 2.95. The smallest absolute Gasteiger partial charge is 0.0524 e. The normalized spacial score (nSPS) is 12.3. The molecule has 2 rings (SSSR count). The van der Waals surface area contributed by atoms with Crippen molar-refractivity contribution in [3.05, 3.63) is 36.4 Å². The number of nitrogens with zero attached hydrogens (tertiary/aromatic N) is 2. The number of nitrogens with one attached hydrogen (secondary N) is 1. The van der Waals surface area contributed by atoms with E-state index < -0.39 is 0 Å². The van der Waals surface area contributed by atoms with Gasteiger partial charge in [-0.2, -0.15) is 0 Å². The summed E-state index contributed by atoms with van der Waals surface area (Å²) in [5.74, 6) is 0. The van der Waals surface area contributed by atoms with Crippen molar-refractivity contribution >= 4 is 22.7 Å². The number of nitrogens with two attached hydrogens (primary N) is 1. The molecule has 0 unspecified atom stereocenters. The molecule has 0 saturated carbocycles. The molecular formula is C13H16N4. The van der Waals surface area contributed by atoms with Gasteiger partial charge in [0.2, 0.25) is 0 Å². The van der Waals surface area contributed by atoms with E-state index in [2.05, 4.69) is 23.4 Å². The Morgan fingerprint density at radius 1 is 1.53 bits per heavy atom. The first kappa shape index (κ1) is 11.4. The number of fused-ring (bicyclic) bond motifs is 1. The van der Waals surface area contributed by atoms with Gasteiger partial charge in [-0.25, -0.2) is 0 Å². The minimum atomic E-state index is 0.305. The van der Waals surface area contributed by atoms with Gasteiger partial charge in [-0.3, -0.25) is 4.98 Å². The van der Waals surface area contributed by atoms with Crippen molar-refractivity contribution in [1.82, 2.24) is 9.55 Å². The Balaban J connectivity index is 2.78. The van der Waals surface area contributed by atoms with E-state index in [4.69, 9.17) is 11.1 Å². The number of pyridine rings is 1. The highest BCUT2D eigenvalue weighted by atomic mass is 15.0. The van der Waals surface area contributed by atoms with Gasteiger partial charge in [-0.15, -0.1) is 0 Å². The molecule has 4 nitrogen and oxygen atoms in total. The van der Waals surface area contributed by atoms with Crippen LogP contribution in [0.1, 0.15) is 25.6 Å². The molecule has 2 aromatic heterocycles. The molecule has 4 heteroatoms. The Hall–Kier alpha value is -2.10. The van der Waals surface area contributed by atoms with Crippen LogP contribution in [0.5, 0.6) is 0 Å². The quantitative estimate of drug-likeness (QED) is 0.793. The van der Waals surface area contributed by atoms with Crippen LogP contribution in [0.4, 0.5) is 0 Å². The molecule has 0 radical (unpaired) electrons. The van der Waals surface area contributed by atoms with E-state index in [0.29, 0.717) is 6.04 Å². The fourth-order valence-electron chi connectivity index (χ4n) is 2.06. The molecule has 0 amide bonds. The minimum Gasteiger partial charge on any atom is -0.404 e. The van der Waals surface area contributed by atoms with E-state index in [1.54, 1.807) is 6.20 Å². The maximum Gasteiger partial charge on any atom is 0.0524 e. The summed E-state index contributed by atoms with van der Waals surface area (Å²) >= 11 is 0. The molecule has 88 valence electrons. The van der Waals surface area contributed by atoms with Crippen LogP contribution in [0.15, 0.2) is 30.7 Å². The lowest BCUT2D eigenvalue weighted by molar-refractivity contribution is 0.617. The Labute approximate surface area is 100 Å². The number of aromatic nitrogens is 2. The molecule has 0 aliphatic rings. The Morgan fingerprint density at radius 3 is 2.88 bits per heavy atom. The van der Waals surface area contributed by atoms with Crippen LogP contribution < -0.4 is 5.73 Å². The largest absolute Gasteiger partial charge is 0.404 e. The van der Waals surface area contributed by atoms with Crippen LogP contribution in [0.2, 0.25) is 0 Å². The molecule has 0 fully saturated rings. The molecule has 17 heavy (non-hydrogen) atoms. The van der Waals surface area contributed by atoms with Gasteiger partial charge in [-0.1, -0.05) is 0 Å². The van der Waals surface area contributed by atoms with Crippen LogP contribution in [0.3, 0.4) is 0 Å². The molecule has 0 aliphatic carbocycles. The zero-order valence-corrected chi connectivity index (χ0v) is 10.0. The van der Waals surface area contributed by atoms with Crippen LogP contribution in [0.25, 0.3) is 16.5 Å². The van der Waals surface area contributed by atoms with E-state index in [-0.39, 0.29) is 0 Å². The van der Waals surface area contributed by atoms with Gasteiger partial charge in [-0.05, 0) is 26.0 Å². The molecule has 0 bridgehead atoms.